The lowest BCUT2D eigenvalue weighted by atomic mass is 10.2. The van der Waals surface area contributed by atoms with Crippen molar-refractivity contribution in [2.45, 2.75) is 6.43 Å². The van der Waals surface area contributed by atoms with Crippen molar-refractivity contribution in [3.8, 4) is 0 Å². The van der Waals surface area contributed by atoms with E-state index in [9.17, 15) is 8.78 Å². The zero-order valence-electron chi connectivity index (χ0n) is 7.13. The minimum Gasteiger partial charge on any atom is -0.398 e. The third-order valence-electron chi connectivity index (χ3n) is 1.98. The van der Waals surface area contributed by atoms with Crippen LogP contribution in [0.1, 0.15) is 11.3 Å². The second kappa shape index (κ2) is 3.09. The molecule has 0 aliphatic rings. The maximum atomic E-state index is 12.4. The van der Waals surface area contributed by atoms with Crippen molar-refractivity contribution < 1.29 is 8.78 Å². The lowest BCUT2D eigenvalue weighted by Crippen LogP contribution is -1.88. The number of rotatable bonds is 1. The number of nitrogen functional groups attached to an aromatic ring is 2. The Kier molecular flexibility index (Phi) is 2.03. The number of thiophene rings is 1. The first-order chi connectivity index (χ1) is 6.59. The number of halogens is 2. The van der Waals surface area contributed by atoms with E-state index in [0.717, 1.165) is 11.3 Å². The van der Waals surface area contributed by atoms with E-state index in [4.69, 9.17) is 11.5 Å². The zero-order valence-corrected chi connectivity index (χ0v) is 7.94. The van der Waals surface area contributed by atoms with Crippen molar-refractivity contribution in [3.63, 3.8) is 0 Å². The van der Waals surface area contributed by atoms with Crippen LogP contribution in [0.2, 0.25) is 0 Å². The molecule has 74 valence electrons. The lowest BCUT2D eigenvalue weighted by molar-refractivity contribution is 0.156. The molecule has 14 heavy (non-hydrogen) atoms. The highest BCUT2D eigenvalue weighted by Crippen LogP contribution is 2.38. The van der Waals surface area contributed by atoms with Crippen molar-refractivity contribution in [2.75, 3.05) is 11.5 Å². The van der Waals surface area contributed by atoms with Gasteiger partial charge in [-0.2, -0.15) is 0 Å². The lowest BCUT2D eigenvalue weighted by Gasteiger charge is -1.97. The summed E-state index contributed by atoms with van der Waals surface area (Å²) in [6, 6.07) is 4.65. The molecule has 1 aromatic heterocycles. The molecule has 0 saturated heterocycles. The van der Waals surface area contributed by atoms with Crippen LogP contribution in [0.4, 0.5) is 20.2 Å². The standard InChI is InChI=1S/C9H8F2N2S/c10-9(11)7-3-4-5(12)1-2-6(13)8(4)14-7/h1-3,9H,12-13H2. The van der Waals surface area contributed by atoms with Crippen molar-refractivity contribution >= 4 is 32.8 Å². The van der Waals surface area contributed by atoms with Gasteiger partial charge in [-0.15, -0.1) is 11.3 Å². The van der Waals surface area contributed by atoms with Gasteiger partial charge in [0.15, 0.2) is 0 Å². The highest BCUT2D eigenvalue weighted by Gasteiger charge is 2.13. The maximum absolute atomic E-state index is 12.4. The van der Waals surface area contributed by atoms with Crippen molar-refractivity contribution in [1.82, 2.24) is 0 Å². The van der Waals surface area contributed by atoms with E-state index >= 15 is 0 Å². The molecular formula is C9H8F2N2S. The van der Waals surface area contributed by atoms with Gasteiger partial charge < -0.3 is 11.5 Å². The summed E-state index contributed by atoms with van der Waals surface area (Å²) < 4.78 is 25.4. The van der Waals surface area contributed by atoms with Crippen LogP contribution in [0.3, 0.4) is 0 Å². The molecular weight excluding hydrogens is 206 g/mol. The van der Waals surface area contributed by atoms with E-state index in [0.29, 0.717) is 21.5 Å². The largest absolute Gasteiger partial charge is 0.398 e. The molecule has 0 unspecified atom stereocenters. The Morgan fingerprint density at radius 1 is 1.14 bits per heavy atom. The monoisotopic (exact) mass is 214 g/mol. The van der Waals surface area contributed by atoms with Crippen LogP contribution < -0.4 is 11.5 Å². The summed E-state index contributed by atoms with van der Waals surface area (Å²) in [7, 11) is 0. The molecule has 1 aromatic carbocycles. The number of hydrogen-bond donors (Lipinski definition) is 2. The fourth-order valence-corrected chi connectivity index (χ4v) is 2.27. The second-order valence-corrected chi connectivity index (χ2v) is 4.02. The summed E-state index contributed by atoms with van der Waals surface area (Å²) in [5, 5.41) is 0.616. The summed E-state index contributed by atoms with van der Waals surface area (Å²) in [6.07, 6.45) is -2.47. The van der Waals surface area contributed by atoms with Crippen molar-refractivity contribution in [2.24, 2.45) is 0 Å². The van der Waals surface area contributed by atoms with Crippen LogP contribution in [0.15, 0.2) is 18.2 Å². The van der Waals surface area contributed by atoms with Crippen LogP contribution in [0.5, 0.6) is 0 Å². The average molecular weight is 214 g/mol. The van der Waals surface area contributed by atoms with Crippen LogP contribution in [-0.4, -0.2) is 0 Å². The van der Waals surface area contributed by atoms with Gasteiger partial charge in [0.05, 0.1) is 9.58 Å². The van der Waals surface area contributed by atoms with Gasteiger partial charge in [-0.3, -0.25) is 0 Å². The summed E-state index contributed by atoms with van der Waals surface area (Å²) >= 11 is 0.991. The summed E-state index contributed by atoms with van der Waals surface area (Å²) in [6.45, 7) is 0. The molecule has 0 amide bonds. The summed E-state index contributed by atoms with van der Waals surface area (Å²) in [5.41, 5.74) is 12.3. The van der Waals surface area contributed by atoms with Crippen molar-refractivity contribution in [3.05, 3.63) is 23.1 Å². The van der Waals surface area contributed by atoms with E-state index < -0.39 is 6.43 Å². The molecule has 0 aliphatic carbocycles. The fourth-order valence-electron chi connectivity index (χ4n) is 1.29. The second-order valence-electron chi connectivity index (χ2n) is 2.94. The van der Waals surface area contributed by atoms with Gasteiger partial charge in [0.1, 0.15) is 0 Å². The highest BCUT2D eigenvalue weighted by atomic mass is 32.1. The van der Waals surface area contributed by atoms with Gasteiger partial charge in [-0.1, -0.05) is 0 Å². The summed E-state index contributed by atoms with van der Waals surface area (Å²) in [5.74, 6) is 0. The van der Waals surface area contributed by atoms with Gasteiger partial charge >= 0.3 is 0 Å². The quantitative estimate of drug-likeness (QED) is 0.717. The number of fused-ring (bicyclic) bond motifs is 1. The van der Waals surface area contributed by atoms with E-state index in [1.165, 1.54) is 6.07 Å². The molecule has 2 rings (SSSR count). The first-order valence-corrected chi connectivity index (χ1v) is 4.77. The molecule has 1 heterocycles. The highest BCUT2D eigenvalue weighted by molar-refractivity contribution is 7.19. The Morgan fingerprint density at radius 2 is 1.79 bits per heavy atom. The minimum absolute atomic E-state index is 0.00426. The Morgan fingerprint density at radius 3 is 2.36 bits per heavy atom. The van der Waals surface area contributed by atoms with Gasteiger partial charge in [-0.25, -0.2) is 8.78 Å². The Bertz CT molecular complexity index is 440. The Labute approximate surface area is 83.1 Å². The predicted octanol–water partition coefficient (Wildman–Crippen LogP) is 3.00. The summed E-state index contributed by atoms with van der Waals surface area (Å²) in [4.78, 5) is 0.00426. The molecule has 0 aliphatic heterocycles. The third kappa shape index (κ3) is 1.29. The molecule has 0 radical (unpaired) electrons. The normalized spacial score (nSPS) is 11.4. The number of nitrogens with two attached hydrogens (primary N) is 2. The van der Waals surface area contributed by atoms with Gasteiger partial charge in [-0.05, 0) is 18.2 Å². The van der Waals surface area contributed by atoms with Crippen LogP contribution in [0.25, 0.3) is 10.1 Å². The van der Waals surface area contributed by atoms with E-state index in [1.54, 1.807) is 12.1 Å². The molecule has 2 aromatic rings. The van der Waals surface area contributed by atoms with Crippen LogP contribution >= 0.6 is 11.3 Å². The van der Waals surface area contributed by atoms with Crippen molar-refractivity contribution in [1.29, 1.82) is 0 Å². The molecule has 4 N–H and O–H groups in total. The van der Waals surface area contributed by atoms with E-state index in [2.05, 4.69) is 0 Å². The van der Waals surface area contributed by atoms with E-state index in [1.807, 2.05) is 0 Å². The minimum atomic E-state index is -2.47. The Balaban J connectivity index is 2.75. The maximum Gasteiger partial charge on any atom is 0.272 e. The number of hydrogen-bond acceptors (Lipinski definition) is 3. The Hall–Kier alpha value is -1.36. The zero-order chi connectivity index (χ0) is 10.3. The first kappa shape index (κ1) is 9.21. The number of benzene rings is 1. The van der Waals surface area contributed by atoms with E-state index in [-0.39, 0.29) is 4.88 Å². The van der Waals surface area contributed by atoms with Crippen LogP contribution in [-0.2, 0) is 0 Å². The van der Waals surface area contributed by atoms with Gasteiger partial charge in [0.2, 0.25) is 0 Å². The molecule has 0 atom stereocenters. The molecule has 0 bridgehead atoms. The molecule has 0 fully saturated rings. The predicted molar refractivity (Wildman–Crippen MR) is 55.6 cm³/mol. The molecule has 5 heteroatoms. The van der Waals surface area contributed by atoms with Crippen LogP contribution in [0, 0.1) is 0 Å². The fraction of sp³-hybridized carbons (Fsp3) is 0.111. The SMILES string of the molecule is Nc1ccc(N)c2sc(C(F)F)cc12. The molecule has 0 saturated carbocycles. The average Bonchev–Trinajstić information content (AvgIpc) is 2.57. The number of alkyl halides is 2. The topological polar surface area (TPSA) is 52.0 Å². The molecule has 2 nitrogen and oxygen atoms in total. The third-order valence-corrected chi connectivity index (χ3v) is 3.17. The first-order valence-electron chi connectivity index (χ1n) is 3.95. The van der Waals surface area contributed by atoms with Gasteiger partial charge in [0, 0.05) is 16.8 Å². The smallest absolute Gasteiger partial charge is 0.272 e. The molecule has 0 spiro atoms. The van der Waals surface area contributed by atoms with Gasteiger partial charge in [0.25, 0.3) is 6.43 Å². The number of anilines is 2.